The van der Waals surface area contributed by atoms with Crippen molar-refractivity contribution >= 4 is 11.6 Å². The summed E-state index contributed by atoms with van der Waals surface area (Å²) in [6, 6.07) is 0.632. The molecule has 2 rings (SSSR count). The molecule has 120 valence electrons. The standard InChI is InChI=1S/C17H30ClN3/c1-5-14-17(18)16(21(7-3)20-14)11-13-10-12(4)8-9-15(13)19-6-2/h12-13,15,19H,5-11H2,1-4H3. The van der Waals surface area contributed by atoms with Crippen LogP contribution in [0.5, 0.6) is 0 Å². The van der Waals surface area contributed by atoms with Crippen LogP contribution in [0.2, 0.25) is 5.02 Å². The lowest BCUT2D eigenvalue weighted by atomic mass is 9.76. The van der Waals surface area contributed by atoms with Crippen molar-refractivity contribution in [1.82, 2.24) is 15.1 Å². The number of halogens is 1. The van der Waals surface area contributed by atoms with Crippen LogP contribution in [0.4, 0.5) is 0 Å². The second-order valence-corrected chi connectivity index (χ2v) is 6.80. The lowest BCUT2D eigenvalue weighted by molar-refractivity contribution is 0.211. The maximum Gasteiger partial charge on any atom is 0.0849 e. The summed E-state index contributed by atoms with van der Waals surface area (Å²) in [7, 11) is 0. The van der Waals surface area contributed by atoms with Crippen molar-refractivity contribution in [3.8, 4) is 0 Å². The van der Waals surface area contributed by atoms with Crippen LogP contribution in [0.3, 0.4) is 0 Å². The van der Waals surface area contributed by atoms with Gasteiger partial charge in [-0.05, 0) is 57.4 Å². The monoisotopic (exact) mass is 311 g/mol. The molecule has 0 aliphatic heterocycles. The average molecular weight is 312 g/mol. The van der Waals surface area contributed by atoms with Gasteiger partial charge in [-0.1, -0.05) is 32.4 Å². The van der Waals surface area contributed by atoms with E-state index in [0.29, 0.717) is 12.0 Å². The molecule has 1 N–H and O–H groups in total. The van der Waals surface area contributed by atoms with Gasteiger partial charge in [0.15, 0.2) is 0 Å². The number of rotatable bonds is 6. The van der Waals surface area contributed by atoms with E-state index >= 15 is 0 Å². The van der Waals surface area contributed by atoms with Gasteiger partial charge < -0.3 is 5.32 Å². The van der Waals surface area contributed by atoms with E-state index in [9.17, 15) is 0 Å². The molecule has 0 bridgehead atoms. The summed E-state index contributed by atoms with van der Waals surface area (Å²) < 4.78 is 2.11. The molecule has 3 nitrogen and oxygen atoms in total. The zero-order chi connectivity index (χ0) is 15.4. The second kappa shape index (κ2) is 7.64. The molecule has 0 radical (unpaired) electrons. The quantitative estimate of drug-likeness (QED) is 0.858. The van der Waals surface area contributed by atoms with Gasteiger partial charge in [0.05, 0.1) is 16.4 Å². The van der Waals surface area contributed by atoms with E-state index < -0.39 is 0 Å². The van der Waals surface area contributed by atoms with Crippen molar-refractivity contribution in [1.29, 1.82) is 0 Å². The van der Waals surface area contributed by atoms with Crippen molar-refractivity contribution in [2.24, 2.45) is 11.8 Å². The van der Waals surface area contributed by atoms with Gasteiger partial charge in [0.25, 0.3) is 0 Å². The maximum absolute atomic E-state index is 6.59. The Hall–Kier alpha value is -0.540. The van der Waals surface area contributed by atoms with Crippen LogP contribution in [-0.4, -0.2) is 22.4 Å². The summed E-state index contributed by atoms with van der Waals surface area (Å²) in [5.74, 6) is 1.50. The van der Waals surface area contributed by atoms with E-state index in [0.717, 1.165) is 42.6 Å². The first-order valence-electron chi connectivity index (χ1n) is 8.58. The smallest absolute Gasteiger partial charge is 0.0849 e. The minimum atomic E-state index is 0.632. The second-order valence-electron chi connectivity index (χ2n) is 6.42. The number of aryl methyl sites for hydroxylation is 2. The molecular weight excluding hydrogens is 282 g/mol. The fraction of sp³-hybridized carbons (Fsp3) is 0.824. The van der Waals surface area contributed by atoms with Gasteiger partial charge in [-0.25, -0.2) is 0 Å². The Morgan fingerprint density at radius 3 is 2.67 bits per heavy atom. The molecule has 1 aliphatic rings. The highest BCUT2D eigenvalue weighted by Gasteiger charge is 2.30. The summed E-state index contributed by atoms with van der Waals surface area (Å²) >= 11 is 6.59. The van der Waals surface area contributed by atoms with E-state index in [-0.39, 0.29) is 0 Å². The van der Waals surface area contributed by atoms with Gasteiger partial charge in [-0.3, -0.25) is 4.68 Å². The summed E-state index contributed by atoms with van der Waals surface area (Å²) in [5.41, 5.74) is 2.30. The normalized spacial score (nSPS) is 26.2. The maximum atomic E-state index is 6.59. The van der Waals surface area contributed by atoms with Crippen molar-refractivity contribution in [2.45, 2.75) is 72.4 Å². The van der Waals surface area contributed by atoms with E-state index in [1.807, 2.05) is 0 Å². The van der Waals surface area contributed by atoms with Crippen molar-refractivity contribution in [3.05, 3.63) is 16.4 Å². The lowest BCUT2D eigenvalue weighted by Crippen LogP contribution is -2.41. The van der Waals surface area contributed by atoms with Crippen LogP contribution < -0.4 is 5.32 Å². The number of aromatic nitrogens is 2. The molecule has 0 amide bonds. The van der Waals surface area contributed by atoms with Crippen LogP contribution in [0, 0.1) is 11.8 Å². The first kappa shape index (κ1) is 16.8. The Morgan fingerprint density at radius 2 is 2.05 bits per heavy atom. The van der Waals surface area contributed by atoms with Crippen LogP contribution in [-0.2, 0) is 19.4 Å². The molecule has 1 aromatic heterocycles. The molecule has 1 saturated carbocycles. The zero-order valence-corrected chi connectivity index (χ0v) is 14.7. The fourth-order valence-electron chi connectivity index (χ4n) is 3.72. The molecule has 21 heavy (non-hydrogen) atoms. The third-order valence-corrected chi connectivity index (χ3v) is 5.30. The summed E-state index contributed by atoms with van der Waals surface area (Å²) in [5, 5.41) is 9.26. The Balaban J connectivity index is 2.19. The van der Waals surface area contributed by atoms with Gasteiger partial charge in [0.2, 0.25) is 0 Å². The van der Waals surface area contributed by atoms with E-state index in [4.69, 9.17) is 11.6 Å². The van der Waals surface area contributed by atoms with Gasteiger partial charge in [0.1, 0.15) is 0 Å². The van der Waals surface area contributed by atoms with Gasteiger partial charge >= 0.3 is 0 Å². The molecule has 3 atom stereocenters. The van der Waals surface area contributed by atoms with Crippen LogP contribution in [0.1, 0.15) is 58.3 Å². The van der Waals surface area contributed by atoms with E-state index in [1.54, 1.807) is 0 Å². The minimum Gasteiger partial charge on any atom is -0.314 e. The van der Waals surface area contributed by atoms with Crippen LogP contribution in [0.25, 0.3) is 0 Å². The molecule has 1 heterocycles. The summed E-state index contributed by atoms with van der Waals surface area (Å²) in [6.07, 6.45) is 5.90. The predicted octanol–water partition coefficient (Wildman–Crippen LogP) is 4.08. The highest BCUT2D eigenvalue weighted by atomic mass is 35.5. The number of hydrogen-bond donors (Lipinski definition) is 1. The molecule has 0 saturated heterocycles. The van der Waals surface area contributed by atoms with E-state index in [2.05, 4.69) is 42.8 Å². The third kappa shape index (κ3) is 3.81. The Labute approximate surface area is 134 Å². The summed E-state index contributed by atoms with van der Waals surface area (Å²) in [6.45, 7) is 10.8. The first-order chi connectivity index (χ1) is 10.1. The van der Waals surface area contributed by atoms with Gasteiger partial charge in [-0.2, -0.15) is 5.10 Å². The molecule has 4 heteroatoms. The Morgan fingerprint density at radius 1 is 1.29 bits per heavy atom. The Bertz CT molecular complexity index is 455. The molecule has 1 aromatic rings. The molecule has 0 spiro atoms. The van der Waals surface area contributed by atoms with Crippen molar-refractivity contribution < 1.29 is 0 Å². The number of hydrogen-bond acceptors (Lipinski definition) is 2. The van der Waals surface area contributed by atoms with Gasteiger partial charge in [0, 0.05) is 12.6 Å². The SMILES string of the molecule is CCNC1CCC(C)CC1Cc1c(Cl)c(CC)nn1CC. The van der Waals surface area contributed by atoms with Gasteiger partial charge in [-0.15, -0.1) is 0 Å². The molecule has 1 fully saturated rings. The van der Waals surface area contributed by atoms with Crippen LogP contribution in [0.15, 0.2) is 0 Å². The number of nitrogens with one attached hydrogen (secondary N) is 1. The van der Waals surface area contributed by atoms with Crippen molar-refractivity contribution in [2.75, 3.05) is 6.54 Å². The summed E-state index contributed by atoms with van der Waals surface area (Å²) in [4.78, 5) is 0. The minimum absolute atomic E-state index is 0.632. The largest absolute Gasteiger partial charge is 0.314 e. The topological polar surface area (TPSA) is 29.9 Å². The van der Waals surface area contributed by atoms with Crippen LogP contribution >= 0.6 is 11.6 Å². The molecule has 1 aliphatic carbocycles. The fourth-order valence-corrected chi connectivity index (χ4v) is 4.06. The average Bonchev–Trinajstić information content (AvgIpc) is 2.78. The molecule has 3 unspecified atom stereocenters. The van der Waals surface area contributed by atoms with Crippen molar-refractivity contribution in [3.63, 3.8) is 0 Å². The molecular formula is C17H30ClN3. The predicted molar refractivity (Wildman–Crippen MR) is 90.0 cm³/mol. The first-order valence-corrected chi connectivity index (χ1v) is 8.95. The highest BCUT2D eigenvalue weighted by Crippen LogP contribution is 2.34. The van der Waals surface area contributed by atoms with E-state index in [1.165, 1.54) is 25.0 Å². The lowest BCUT2D eigenvalue weighted by Gasteiger charge is -2.35. The Kier molecular flexibility index (Phi) is 6.12. The number of nitrogens with zero attached hydrogens (tertiary/aromatic N) is 2. The molecule has 0 aromatic carbocycles. The highest BCUT2D eigenvalue weighted by molar-refractivity contribution is 6.31. The third-order valence-electron chi connectivity index (χ3n) is 4.86. The zero-order valence-electron chi connectivity index (χ0n) is 14.0.